The Hall–Kier alpha value is -1.15. The zero-order valence-electron chi connectivity index (χ0n) is 14.8. The summed E-state index contributed by atoms with van der Waals surface area (Å²) in [5.74, 6) is 2.26. The lowest BCUT2D eigenvalue weighted by Gasteiger charge is -2.41. The van der Waals surface area contributed by atoms with Crippen molar-refractivity contribution in [1.29, 1.82) is 0 Å². The standard InChI is InChI=1S/C19H24N2O3S2/c1-24-7-6-20-16(23)11-12-10-15(22)17-13-4-2-3-5-14(13)21-18(17)19(12)25-8-9-26-19/h2-5,12,15,21-22H,6-11H2,1H3,(H,20,23). The van der Waals surface area contributed by atoms with Gasteiger partial charge in [0.1, 0.15) is 4.08 Å². The zero-order valence-corrected chi connectivity index (χ0v) is 16.4. The maximum absolute atomic E-state index is 12.4. The summed E-state index contributed by atoms with van der Waals surface area (Å²) >= 11 is 3.84. The molecule has 4 rings (SSSR count). The first-order valence-electron chi connectivity index (χ1n) is 8.98. The number of fused-ring (bicyclic) bond motifs is 4. The van der Waals surface area contributed by atoms with E-state index in [1.165, 1.54) is 0 Å². The maximum atomic E-state index is 12.4. The van der Waals surface area contributed by atoms with E-state index < -0.39 is 6.10 Å². The Bertz CT molecular complexity index is 801. The molecule has 2 unspecified atom stereocenters. The molecule has 3 N–H and O–H groups in total. The Labute approximate surface area is 161 Å². The third-order valence-corrected chi connectivity index (χ3v) is 8.96. The van der Waals surface area contributed by atoms with Crippen molar-refractivity contribution < 1.29 is 14.6 Å². The number of amides is 1. The second kappa shape index (κ2) is 7.46. The number of benzene rings is 1. The number of ether oxygens (including phenoxy) is 1. The van der Waals surface area contributed by atoms with E-state index in [1.54, 1.807) is 7.11 Å². The molecule has 0 bridgehead atoms. The van der Waals surface area contributed by atoms with Gasteiger partial charge < -0.3 is 20.1 Å². The molecule has 26 heavy (non-hydrogen) atoms. The summed E-state index contributed by atoms with van der Waals surface area (Å²) < 4.78 is 4.83. The Morgan fingerprint density at radius 3 is 2.92 bits per heavy atom. The number of hydrogen-bond acceptors (Lipinski definition) is 5. The molecule has 1 fully saturated rings. The highest BCUT2D eigenvalue weighted by Crippen LogP contribution is 2.63. The fourth-order valence-electron chi connectivity index (χ4n) is 4.15. The summed E-state index contributed by atoms with van der Waals surface area (Å²) in [7, 11) is 1.63. The average Bonchev–Trinajstić information content (AvgIpc) is 3.26. The van der Waals surface area contributed by atoms with Crippen molar-refractivity contribution in [3.63, 3.8) is 0 Å². The van der Waals surface area contributed by atoms with Crippen LogP contribution in [0.2, 0.25) is 0 Å². The molecule has 1 amide bonds. The number of H-pyrrole nitrogens is 1. The predicted octanol–water partition coefficient (Wildman–Crippen LogP) is 3.01. The number of hydrogen-bond donors (Lipinski definition) is 3. The Kier molecular flexibility index (Phi) is 5.23. The number of carbonyl (C=O) groups excluding carboxylic acids is 1. The van der Waals surface area contributed by atoms with E-state index in [0.717, 1.165) is 33.7 Å². The minimum atomic E-state index is -0.537. The van der Waals surface area contributed by atoms with Crippen LogP contribution in [-0.2, 0) is 13.6 Å². The lowest BCUT2D eigenvalue weighted by atomic mass is 9.81. The van der Waals surface area contributed by atoms with Gasteiger partial charge in [0.2, 0.25) is 5.91 Å². The third kappa shape index (κ3) is 3.05. The molecule has 140 valence electrons. The first-order chi connectivity index (χ1) is 12.7. The van der Waals surface area contributed by atoms with Crippen LogP contribution in [0.4, 0.5) is 0 Å². The highest BCUT2D eigenvalue weighted by Gasteiger charge is 2.52. The van der Waals surface area contributed by atoms with E-state index in [9.17, 15) is 9.90 Å². The molecule has 0 radical (unpaired) electrons. The van der Waals surface area contributed by atoms with Gasteiger partial charge in [-0.25, -0.2) is 0 Å². The van der Waals surface area contributed by atoms with Crippen LogP contribution in [0.5, 0.6) is 0 Å². The van der Waals surface area contributed by atoms with Gasteiger partial charge in [-0.3, -0.25) is 4.79 Å². The highest BCUT2D eigenvalue weighted by atomic mass is 32.2. The quantitative estimate of drug-likeness (QED) is 0.682. The first-order valence-corrected chi connectivity index (χ1v) is 11.0. The van der Waals surface area contributed by atoms with E-state index in [-0.39, 0.29) is 15.9 Å². The van der Waals surface area contributed by atoms with Gasteiger partial charge in [-0.2, -0.15) is 0 Å². The Morgan fingerprint density at radius 1 is 1.38 bits per heavy atom. The molecule has 1 aliphatic carbocycles. The SMILES string of the molecule is COCCNC(=O)CC1CC(O)c2c([nH]c3ccccc23)C12SCCS2. The van der Waals surface area contributed by atoms with Gasteiger partial charge in [0.15, 0.2) is 0 Å². The molecule has 2 heterocycles. The molecule has 1 spiro atoms. The normalized spacial score (nSPS) is 24.1. The van der Waals surface area contributed by atoms with Crippen molar-refractivity contribution in [2.24, 2.45) is 5.92 Å². The summed E-state index contributed by atoms with van der Waals surface area (Å²) in [6.45, 7) is 1.04. The van der Waals surface area contributed by atoms with E-state index in [1.807, 2.05) is 35.7 Å². The Balaban J connectivity index is 1.68. The molecule has 1 aromatic heterocycles. The zero-order chi connectivity index (χ0) is 18.1. The lowest BCUT2D eigenvalue weighted by Crippen LogP contribution is -2.38. The molecule has 7 heteroatoms. The molecular weight excluding hydrogens is 368 g/mol. The molecule has 1 aliphatic heterocycles. The fraction of sp³-hybridized carbons (Fsp3) is 0.526. The molecule has 1 saturated heterocycles. The number of rotatable bonds is 5. The maximum Gasteiger partial charge on any atom is 0.220 e. The predicted molar refractivity (Wildman–Crippen MR) is 107 cm³/mol. The Morgan fingerprint density at radius 2 is 2.15 bits per heavy atom. The van der Waals surface area contributed by atoms with Crippen molar-refractivity contribution in [2.45, 2.75) is 23.0 Å². The second-order valence-electron chi connectivity index (χ2n) is 6.82. The molecule has 2 aromatic rings. The molecule has 1 aromatic carbocycles. The number of methoxy groups -OCH3 is 1. The second-order valence-corrected chi connectivity index (χ2v) is 9.76. The van der Waals surface area contributed by atoms with Crippen LogP contribution >= 0.6 is 23.5 Å². The number of para-hydroxylation sites is 1. The van der Waals surface area contributed by atoms with Crippen molar-refractivity contribution in [3.05, 3.63) is 35.5 Å². The number of aromatic amines is 1. The molecular formula is C19H24N2O3S2. The molecule has 0 saturated carbocycles. The highest BCUT2D eigenvalue weighted by molar-refractivity contribution is 8.20. The summed E-state index contributed by atoms with van der Waals surface area (Å²) in [5, 5.41) is 14.9. The van der Waals surface area contributed by atoms with Crippen molar-refractivity contribution >= 4 is 40.3 Å². The van der Waals surface area contributed by atoms with Crippen molar-refractivity contribution in [2.75, 3.05) is 31.8 Å². The molecule has 5 nitrogen and oxygen atoms in total. The average molecular weight is 393 g/mol. The van der Waals surface area contributed by atoms with Crippen LogP contribution in [0.15, 0.2) is 24.3 Å². The van der Waals surface area contributed by atoms with Gasteiger partial charge in [0.25, 0.3) is 0 Å². The largest absolute Gasteiger partial charge is 0.388 e. The van der Waals surface area contributed by atoms with Crippen molar-refractivity contribution in [3.8, 4) is 0 Å². The topological polar surface area (TPSA) is 74.3 Å². The van der Waals surface area contributed by atoms with Gasteiger partial charge in [0, 0.05) is 53.7 Å². The van der Waals surface area contributed by atoms with E-state index in [4.69, 9.17) is 4.74 Å². The van der Waals surface area contributed by atoms with Crippen LogP contribution < -0.4 is 5.32 Å². The summed E-state index contributed by atoms with van der Waals surface area (Å²) in [6, 6.07) is 8.16. The van der Waals surface area contributed by atoms with E-state index in [2.05, 4.69) is 22.4 Å². The van der Waals surface area contributed by atoms with Gasteiger partial charge in [-0.1, -0.05) is 18.2 Å². The number of nitrogens with one attached hydrogen (secondary N) is 2. The van der Waals surface area contributed by atoms with E-state index >= 15 is 0 Å². The smallest absolute Gasteiger partial charge is 0.220 e. The number of carbonyl (C=O) groups is 1. The third-order valence-electron chi connectivity index (χ3n) is 5.25. The van der Waals surface area contributed by atoms with E-state index in [0.29, 0.717) is 26.0 Å². The minimum Gasteiger partial charge on any atom is -0.388 e. The number of aliphatic hydroxyl groups excluding tert-OH is 1. The van der Waals surface area contributed by atoms with Crippen LogP contribution in [0, 0.1) is 5.92 Å². The molecule has 2 aliphatic rings. The summed E-state index contributed by atoms with van der Waals surface area (Å²) in [6.07, 6.45) is 0.507. The van der Waals surface area contributed by atoms with Crippen LogP contribution in [0.1, 0.15) is 30.2 Å². The minimum absolute atomic E-state index is 0.0336. The number of thioether (sulfide) groups is 2. The lowest BCUT2D eigenvalue weighted by molar-refractivity contribution is -0.122. The monoisotopic (exact) mass is 392 g/mol. The van der Waals surface area contributed by atoms with Crippen LogP contribution in [0.25, 0.3) is 10.9 Å². The van der Waals surface area contributed by atoms with Crippen LogP contribution in [0.3, 0.4) is 0 Å². The van der Waals surface area contributed by atoms with Gasteiger partial charge in [-0.05, 0) is 18.4 Å². The first kappa shape index (κ1) is 18.2. The van der Waals surface area contributed by atoms with Gasteiger partial charge in [0.05, 0.1) is 12.7 Å². The number of aliphatic hydroxyl groups is 1. The summed E-state index contributed by atoms with van der Waals surface area (Å²) in [5.41, 5.74) is 3.20. The van der Waals surface area contributed by atoms with Crippen LogP contribution in [-0.4, -0.2) is 47.8 Å². The molecule has 2 atom stereocenters. The fourth-order valence-corrected chi connectivity index (χ4v) is 7.69. The van der Waals surface area contributed by atoms with Crippen molar-refractivity contribution in [1.82, 2.24) is 10.3 Å². The number of aromatic nitrogens is 1. The van der Waals surface area contributed by atoms with Gasteiger partial charge >= 0.3 is 0 Å². The summed E-state index contributed by atoms with van der Waals surface area (Å²) in [4.78, 5) is 16.0. The van der Waals surface area contributed by atoms with Gasteiger partial charge in [-0.15, -0.1) is 23.5 Å².